The van der Waals surface area contributed by atoms with Gasteiger partial charge in [-0.3, -0.25) is 0 Å². The molecule has 0 saturated heterocycles. The van der Waals surface area contributed by atoms with E-state index in [1.165, 1.54) is 25.7 Å². The van der Waals surface area contributed by atoms with Gasteiger partial charge >= 0.3 is 0 Å². The first-order valence-corrected chi connectivity index (χ1v) is 19.7. The fourth-order valence-corrected chi connectivity index (χ4v) is 9.40. The molecule has 0 aliphatic carbocycles. The largest absolute Gasteiger partial charge is 0.456 e. The van der Waals surface area contributed by atoms with Crippen molar-refractivity contribution in [2.75, 3.05) is 0 Å². The van der Waals surface area contributed by atoms with Gasteiger partial charge in [-0.1, -0.05) is 127 Å². The molecule has 0 bridgehead atoms. The van der Waals surface area contributed by atoms with Crippen molar-refractivity contribution in [3.05, 3.63) is 176 Å². The molecule has 4 heterocycles. The number of furan rings is 2. The lowest BCUT2D eigenvalue weighted by atomic mass is 9.98. The van der Waals surface area contributed by atoms with E-state index in [2.05, 4.69) is 127 Å². The summed E-state index contributed by atoms with van der Waals surface area (Å²) in [6.07, 6.45) is 0. The van der Waals surface area contributed by atoms with Crippen LogP contribution in [0.15, 0.2) is 185 Å². The van der Waals surface area contributed by atoms with Gasteiger partial charge in [0.1, 0.15) is 22.3 Å². The Morgan fingerprint density at radius 3 is 1.61 bits per heavy atom. The third-order valence-electron chi connectivity index (χ3n) is 11.0. The molecule has 0 unspecified atom stereocenters. The van der Waals surface area contributed by atoms with E-state index in [4.69, 9.17) is 23.8 Å². The Hall–Kier alpha value is -7.41. The zero-order valence-corrected chi connectivity index (χ0v) is 31.1. The van der Waals surface area contributed by atoms with E-state index in [0.29, 0.717) is 17.5 Å². The second-order valence-electron chi connectivity index (χ2n) is 14.3. The van der Waals surface area contributed by atoms with E-state index in [0.717, 1.165) is 77.3 Å². The van der Waals surface area contributed by atoms with Crippen LogP contribution >= 0.6 is 11.3 Å². The van der Waals surface area contributed by atoms with Crippen molar-refractivity contribution >= 4 is 75.4 Å². The summed E-state index contributed by atoms with van der Waals surface area (Å²) in [5.41, 5.74) is 10.5. The predicted molar refractivity (Wildman–Crippen MR) is 234 cm³/mol. The number of benzene rings is 8. The van der Waals surface area contributed by atoms with Crippen LogP contribution in [0, 0.1) is 0 Å². The first kappa shape index (κ1) is 31.9. The van der Waals surface area contributed by atoms with Crippen LogP contribution in [0.4, 0.5) is 0 Å². The maximum Gasteiger partial charge on any atom is 0.164 e. The van der Waals surface area contributed by atoms with Gasteiger partial charge in [0.25, 0.3) is 0 Å². The van der Waals surface area contributed by atoms with Crippen molar-refractivity contribution in [3.63, 3.8) is 0 Å². The van der Waals surface area contributed by atoms with Crippen molar-refractivity contribution in [1.82, 2.24) is 15.0 Å². The first-order valence-electron chi connectivity index (χ1n) is 18.9. The molecule has 12 rings (SSSR count). The molecule has 0 aliphatic heterocycles. The summed E-state index contributed by atoms with van der Waals surface area (Å²) >= 11 is 1.83. The average Bonchev–Trinajstić information content (AvgIpc) is 3.97. The molecular formula is C51H29N3O2S. The van der Waals surface area contributed by atoms with Gasteiger partial charge in [0.05, 0.1) is 0 Å². The van der Waals surface area contributed by atoms with Gasteiger partial charge in [0, 0.05) is 58.4 Å². The molecule has 0 spiro atoms. The topological polar surface area (TPSA) is 65.0 Å². The Morgan fingerprint density at radius 2 is 0.825 bits per heavy atom. The number of nitrogens with zero attached hydrogens (tertiary/aromatic N) is 3. The summed E-state index contributed by atoms with van der Waals surface area (Å²) < 4.78 is 15.4. The highest BCUT2D eigenvalue weighted by molar-refractivity contribution is 7.25. The van der Waals surface area contributed by atoms with E-state index in [1.54, 1.807) is 0 Å². The third-order valence-corrected chi connectivity index (χ3v) is 12.1. The summed E-state index contributed by atoms with van der Waals surface area (Å²) in [6, 6.07) is 61.0. The van der Waals surface area contributed by atoms with Gasteiger partial charge in [0.2, 0.25) is 0 Å². The van der Waals surface area contributed by atoms with Crippen molar-refractivity contribution in [1.29, 1.82) is 0 Å². The Balaban J connectivity index is 1.01. The van der Waals surface area contributed by atoms with E-state index in [1.807, 2.05) is 59.9 Å². The van der Waals surface area contributed by atoms with Gasteiger partial charge in [-0.15, -0.1) is 11.3 Å². The van der Waals surface area contributed by atoms with Crippen molar-refractivity contribution in [2.24, 2.45) is 0 Å². The van der Waals surface area contributed by atoms with E-state index in [9.17, 15) is 0 Å². The van der Waals surface area contributed by atoms with Crippen LogP contribution in [0.3, 0.4) is 0 Å². The summed E-state index contributed by atoms with van der Waals surface area (Å²) in [7, 11) is 0. The van der Waals surface area contributed by atoms with Crippen LogP contribution in [0.1, 0.15) is 0 Å². The highest BCUT2D eigenvalue weighted by atomic mass is 32.1. The lowest BCUT2D eigenvalue weighted by Crippen LogP contribution is -2.00. The number of hydrogen-bond donors (Lipinski definition) is 0. The molecule has 266 valence electrons. The molecule has 0 amide bonds. The maximum atomic E-state index is 6.51. The predicted octanol–water partition coefficient (Wildman–Crippen LogP) is 14.4. The second kappa shape index (κ2) is 12.6. The van der Waals surface area contributed by atoms with Crippen LogP contribution < -0.4 is 0 Å². The van der Waals surface area contributed by atoms with E-state index < -0.39 is 0 Å². The number of para-hydroxylation sites is 1. The average molecular weight is 748 g/mol. The first-order chi connectivity index (χ1) is 28.2. The van der Waals surface area contributed by atoms with Gasteiger partial charge in [-0.05, 0) is 70.8 Å². The number of thiophene rings is 1. The molecule has 0 N–H and O–H groups in total. The summed E-state index contributed by atoms with van der Waals surface area (Å²) in [6.45, 7) is 0. The normalized spacial score (nSPS) is 11.9. The highest BCUT2D eigenvalue weighted by Gasteiger charge is 2.18. The zero-order chi connectivity index (χ0) is 37.5. The summed E-state index contributed by atoms with van der Waals surface area (Å²) in [4.78, 5) is 15.3. The molecule has 57 heavy (non-hydrogen) atoms. The fourth-order valence-electron chi connectivity index (χ4n) is 8.27. The molecule has 8 aromatic carbocycles. The second-order valence-corrected chi connectivity index (χ2v) is 15.4. The minimum Gasteiger partial charge on any atom is -0.456 e. The third kappa shape index (κ3) is 5.19. The molecule has 5 nitrogen and oxygen atoms in total. The molecule has 0 radical (unpaired) electrons. The van der Waals surface area contributed by atoms with Crippen LogP contribution in [-0.4, -0.2) is 15.0 Å². The Morgan fingerprint density at radius 1 is 0.316 bits per heavy atom. The molecule has 0 fully saturated rings. The highest BCUT2D eigenvalue weighted by Crippen LogP contribution is 2.41. The van der Waals surface area contributed by atoms with Crippen LogP contribution in [0.25, 0.3) is 120 Å². The molecule has 0 saturated carbocycles. The fraction of sp³-hybridized carbons (Fsp3) is 0. The molecule has 12 aromatic rings. The Kier molecular flexibility index (Phi) is 7.03. The van der Waals surface area contributed by atoms with Crippen LogP contribution in [0.5, 0.6) is 0 Å². The molecule has 0 aliphatic rings. The number of fused-ring (bicyclic) bond motifs is 9. The lowest BCUT2D eigenvalue weighted by Gasteiger charge is -2.10. The van der Waals surface area contributed by atoms with Crippen molar-refractivity contribution in [3.8, 4) is 56.4 Å². The zero-order valence-electron chi connectivity index (χ0n) is 30.3. The van der Waals surface area contributed by atoms with Crippen molar-refractivity contribution in [2.45, 2.75) is 0 Å². The number of aromatic nitrogens is 3. The smallest absolute Gasteiger partial charge is 0.164 e. The van der Waals surface area contributed by atoms with Gasteiger partial charge in [0.15, 0.2) is 17.5 Å². The van der Waals surface area contributed by atoms with Gasteiger partial charge in [-0.2, -0.15) is 0 Å². The number of rotatable bonds is 5. The standard InChI is InChI=1S/C51H29N3O2S/c1-2-10-30(11-3-1)35-14-8-17-42-47(35)39-27-25-34(29-44(39)56-42)51-53-49(52-50(54-51)33-24-26-38-37-12-4-6-16-41(37)55-43(38)28-33)32-22-20-31(21-23-32)36-15-9-19-46-48(36)40-13-5-7-18-45(40)57-46/h1-29H. The Labute approximate surface area is 330 Å². The van der Waals surface area contributed by atoms with Crippen molar-refractivity contribution < 1.29 is 8.83 Å². The van der Waals surface area contributed by atoms with Gasteiger partial charge < -0.3 is 8.83 Å². The summed E-state index contributed by atoms with van der Waals surface area (Å²) in [5.74, 6) is 1.71. The minimum absolute atomic E-state index is 0.559. The number of hydrogen-bond acceptors (Lipinski definition) is 6. The molecule has 0 atom stereocenters. The quantitative estimate of drug-likeness (QED) is 0.175. The minimum atomic E-state index is 0.559. The van der Waals surface area contributed by atoms with Crippen LogP contribution in [-0.2, 0) is 0 Å². The van der Waals surface area contributed by atoms with E-state index in [-0.39, 0.29) is 0 Å². The summed E-state index contributed by atoms with van der Waals surface area (Å²) in [5, 5.41) is 6.83. The monoisotopic (exact) mass is 747 g/mol. The molecular weight excluding hydrogens is 719 g/mol. The molecule has 4 aromatic heterocycles. The van der Waals surface area contributed by atoms with E-state index >= 15 is 0 Å². The maximum absolute atomic E-state index is 6.51. The van der Waals surface area contributed by atoms with Gasteiger partial charge in [-0.25, -0.2) is 15.0 Å². The van der Waals surface area contributed by atoms with Crippen LogP contribution in [0.2, 0.25) is 0 Å². The SMILES string of the molecule is c1ccc(-c2cccc3oc4cc(-c5nc(-c6ccc(-c7cccc8sc9ccccc9c78)cc6)nc(-c6ccc7c(c6)oc6ccccc67)n5)ccc4c23)cc1. The molecule has 6 heteroatoms. The lowest BCUT2D eigenvalue weighted by molar-refractivity contribution is 0.668. The Bertz CT molecular complexity index is 3530.